The van der Waals surface area contributed by atoms with Crippen LogP contribution in [-0.4, -0.2) is 31.4 Å². The first-order chi connectivity index (χ1) is 14.6. The highest BCUT2D eigenvalue weighted by atomic mass is 35.5. The molecule has 0 saturated carbocycles. The Morgan fingerprint density at radius 3 is 2.63 bits per heavy atom. The number of carbonyl (C=O) groups is 1. The van der Waals surface area contributed by atoms with Crippen LogP contribution in [0.5, 0.6) is 0 Å². The number of benzene rings is 1. The van der Waals surface area contributed by atoms with Gasteiger partial charge in [0.2, 0.25) is 5.91 Å². The third-order valence-corrected chi connectivity index (χ3v) is 6.57. The summed E-state index contributed by atoms with van der Waals surface area (Å²) in [6, 6.07) is 15.2. The number of thioether (sulfide) groups is 1. The zero-order chi connectivity index (χ0) is 20.9. The van der Waals surface area contributed by atoms with E-state index in [0.717, 1.165) is 16.1 Å². The maximum atomic E-state index is 12.5. The van der Waals surface area contributed by atoms with E-state index in [0.29, 0.717) is 16.0 Å². The van der Waals surface area contributed by atoms with E-state index in [9.17, 15) is 4.79 Å². The lowest BCUT2D eigenvalue weighted by Gasteiger charge is -2.13. The van der Waals surface area contributed by atoms with Gasteiger partial charge in [-0.1, -0.05) is 29.4 Å². The van der Waals surface area contributed by atoms with Crippen molar-refractivity contribution in [1.82, 2.24) is 25.1 Å². The van der Waals surface area contributed by atoms with E-state index in [1.165, 1.54) is 11.8 Å². The van der Waals surface area contributed by atoms with Crippen molar-refractivity contribution in [1.29, 1.82) is 0 Å². The quantitative estimate of drug-likeness (QED) is 0.396. The molecule has 0 saturated heterocycles. The number of hydrogen-bond acceptors (Lipinski definition) is 6. The molecular weight excluding hydrogens is 438 g/mol. The predicted octanol–water partition coefficient (Wildman–Crippen LogP) is 5.01. The number of aromatic nitrogens is 4. The Kier molecular flexibility index (Phi) is 6.47. The molecule has 1 aromatic carbocycles. The molecule has 4 rings (SSSR count). The molecule has 0 fully saturated rings. The van der Waals surface area contributed by atoms with Crippen molar-refractivity contribution in [2.24, 2.45) is 0 Å². The van der Waals surface area contributed by atoms with Crippen LogP contribution < -0.4 is 5.32 Å². The molecule has 0 radical (unpaired) electrons. The fourth-order valence-electron chi connectivity index (χ4n) is 2.90. The molecule has 3 aromatic heterocycles. The fourth-order valence-corrected chi connectivity index (χ4v) is 4.52. The monoisotopic (exact) mass is 455 g/mol. The Balaban J connectivity index is 1.56. The molecular formula is C21H18ClN5OS2. The van der Waals surface area contributed by atoms with Crippen molar-refractivity contribution in [3.63, 3.8) is 0 Å². The van der Waals surface area contributed by atoms with Crippen molar-refractivity contribution >= 4 is 40.6 Å². The molecule has 0 aliphatic rings. The fraction of sp³-hybridized carbons (Fsp3) is 0.143. The number of carbonyl (C=O) groups excluding carboxylic acids is 1. The molecule has 3 heterocycles. The highest BCUT2D eigenvalue weighted by molar-refractivity contribution is 7.99. The summed E-state index contributed by atoms with van der Waals surface area (Å²) >= 11 is 9.02. The van der Waals surface area contributed by atoms with E-state index in [-0.39, 0.29) is 17.7 Å². The zero-order valence-corrected chi connectivity index (χ0v) is 18.4. The summed E-state index contributed by atoms with van der Waals surface area (Å²) in [6.07, 6.45) is 3.42. The van der Waals surface area contributed by atoms with Crippen molar-refractivity contribution in [2.45, 2.75) is 18.1 Å². The molecule has 0 aliphatic carbocycles. The molecule has 1 unspecified atom stereocenters. The SMILES string of the molecule is CC(NC(=O)CSc1nnc(-c2ccncc2)n1-c1ccc(Cl)cc1)c1cccs1. The topological polar surface area (TPSA) is 72.7 Å². The smallest absolute Gasteiger partial charge is 0.230 e. The Hall–Kier alpha value is -2.68. The van der Waals surface area contributed by atoms with E-state index in [1.54, 1.807) is 23.7 Å². The second-order valence-corrected chi connectivity index (χ2v) is 8.81. The second kappa shape index (κ2) is 9.42. The largest absolute Gasteiger partial charge is 0.348 e. The van der Waals surface area contributed by atoms with Gasteiger partial charge < -0.3 is 5.32 Å². The maximum Gasteiger partial charge on any atom is 0.230 e. The van der Waals surface area contributed by atoms with Crippen molar-refractivity contribution in [3.8, 4) is 17.1 Å². The van der Waals surface area contributed by atoms with Crippen LogP contribution in [0.1, 0.15) is 17.8 Å². The van der Waals surface area contributed by atoms with E-state index in [2.05, 4.69) is 20.5 Å². The summed E-state index contributed by atoms with van der Waals surface area (Å²) in [7, 11) is 0. The lowest BCUT2D eigenvalue weighted by Crippen LogP contribution is -2.27. The number of hydrogen-bond donors (Lipinski definition) is 1. The van der Waals surface area contributed by atoms with Gasteiger partial charge in [0, 0.05) is 33.5 Å². The Labute approximate surface area is 187 Å². The molecule has 1 N–H and O–H groups in total. The first-order valence-corrected chi connectivity index (χ1v) is 11.4. The number of halogens is 1. The average Bonchev–Trinajstić information content (AvgIpc) is 3.44. The third-order valence-electron chi connectivity index (χ3n) is 4.34. The van der Waals surface area contributed by atoms with Crippen molar-refractivity contribution in [2.75, 3.05) is 5.75 Å². The summed E-state index contributed by atoms with van der Waals surface area (Å²) in [5.74, 6) is 0.851. The van der Waals surface area contributed by atoms with Gasteiger partial charge in [-0.2, -0.15) is 0 Å². The van der Waals surface area contributed by atoms with Crippen LogP contribution >= 0.6 is 34.7 Å². The second-order valence-electron chi connectivity index (χ2n) is 6.45. The first-order valence-electron chi connectivity index (χ1n) is 9.19. The van der Waals surface area contributed by atoms with E-state index < -0.39 is 0 Å². The lowest BCUT2D eigenvalue weighted by molar-refractivity contribution is -0.119. The summed E-state index contributed by atoms with van der Waals surface area (Å²) in [6.45, 7) is 1.98. The molecule has 1 amide bonds. The Bertz CT molecular complexity index is 1110. The van der Waals surface area contributed by atoms with Crippen LogP contribution in [0.2, 0.25) is 5.02 Å². The molecule has 0 bridgehead atoms. The predicted molar refractivity (Wildman–Crippen MR) is 121 cm³/mol. The van der Waals surface area contributed by atoms with Crippen LogP contribution in [0.25, 0.3) is 17.1 Å². The van der Waals surface area contributed by atoms with Gasteiger partial charge in [-0.25, -0.2) is 0 Å². The van der Waals surface area contributed by atoms with Gasteiger partial charge in [-0.05, 0) is 54.8 Å². The number of nitrogens with zero attached hydrogens (tertiary/aromatic N) is 4. The third kappa shape index (κ3) is 4.72. The van der Waals surface area contributed by atoms with Gasteiger partial charge in [0.25, 0.3) is 0 Å². The summed E-state index contributed by atoms with van der Waals surface area (Å²) in [5.41, 5.74) is 1.75. The van der Waals surface area contributed by atoms with Gasteiger partial charge in [0.1, 0.15) is 0 Å². The van der Waals surface area contributed by atoms with Crippen LogP contribution in [-0.2, 0) is 4.79 Å². The molecule has 0 spiro atoms. The zero-order valence-electron chi connectivity index (χ0n) is 16.0. The van der Waals surface area contributed by atoms with Crippen LogP contribution in [0.15, 0.2) is 71.5 Å². The summed E-state index contributed by atoms with van der Waals surface area (Å²) in [5, 5.41) is 15.0. The highest BCUT2D eigenvalue weighted by Gasteiger charge is 2.18. The molecule has 0 aliphatic heterocycles. The minimum absolute atomic E-state index is 0.0281. The van der Waals surface area contributed by atoms with E-state index in [4.69, 9.17) is 11.6 Å². The minimum Gasteiger partial charge on any atom is -0.348 e. The highest BCUT2D eigenvalue weighted by Crippen LogP contribution is 2.28. The Morgan fingerprint density at radius 2 is 1.93 bits per heavy atom. The standard InChI is InChI=1S/C21H18ClN5OS2/c1-14(18-3-2-12-29-18)24-19(28)13-30-21-26-25-20(15-8-10-23-11-9-15)27(21)17-6-4-16(22)5-7-17/h2-12,14H,13H2,1H3,(H,24,28). The van der Waals surface area contributed by atoms with Crippen LogP contribution in [0.3, 0.4) is 0 Å². The first kappa shape index (κ1) is 20.6. The summed E-state index contributed by atoms with van der Waals surface area (Å²) in [4.78, 5) is 17.7. The van der Waals surface area contributed by atoms with E-state index in [1.807, 2.05) is 65.4 Å². The number of pyridine rings is 1. The molecule has 152 valence electrons. The number of amides is 1. The normalized spacial score (nSPS) is 11.9. The van der Waals surface area contributed by atoms with Crippen LogP contribution in [0, 0.1) is 0 Å². The molecule has 4 aromatic rings. The van der Waals surface area contributed by atoms with Gasteiger partial charge in [-0.15, -0.1) is 21.5 Å². The average molecular weight is 456 g/mol. The number of thiophene rings is 1. The van der Waals surface area contributed by atoms with Crippen molar-refractivity contribution in [3.05, 3.63) is 76.2 Å². The van der Waals surface area contributed by atoms with Crippen molar-refractivity contribution < 1.29 is 4.79 Å². The molecule has 9 heteroatoms. The summed E-state index contributed by atoms with van der Waals surface area (Å²) < 4.78 is 1.92. The molecule has 1 atom stereocenters. The number of nitrogens with one attached hydrogen (secondary N) is 1. The van der Waals surface area contributed by atoms with Gasteiger partial charge >= 0.3 is 0 Å². The van der Waals surface area contributed by atoms with E-state index >= 15 is 0 Å². The minimum atomic E-state index is -0.0583. The Morgan fingerprint density at radius 1 is 1.17 bits per heavy atom. The van der Waals surface area contributed by atoms with Crippen LogP contribution in [0.4, 0.5) is 0 Å². The van der Waals surface area contributed by atoms with Gasteiger partial charge in [0.05, 0.1) is 11.8 Å². The molecule has 6 nitrogen and oxygen atoms in total. The lowest BCUT2D eigenvalue weighted by atomic mass is 10.2. The number of rotatable bonds is 7. The van der Waals surface area contributed by atoms with Gasteiger partial charge in [-0.3, -0.25) is 14.3 Å². The molecule has 30 heavy (non-hydrogen) atoms. The van der Waals surface area contributed by atoms with Gasteiger partial charge in [0.15, 0.2) is 11.0 Å². The maximum absolute atomic E-state index is 12.5.